The number of allylic oxidation sites excluding steroid dienone is 1. The van der Waals surface area contributed by atoms with Gasteiger partial charge in [0.25, 0.3) is 0 Å². The fourth-order valence-electron chi connectivity index (χ4n) is 3.02. The van der Waals surface area contributed by atoms with Crippen molar-refractivity contribution >= 4 is 28.5 Å². The molecule has 28 heavy (non-hydrogen) atoms. The summed E-state index contributed by atoms with van der Waals surface area (Å²) in [5.74, 6) is -3.19. The quantitative estimate of drug-likeness (QED) is 0.171. The van der Waals surface area contributed by atoms with Gasteiger partial charge in [-0.05, 0) is 34.6 Å². The first kappa shape index (κ1) is 21.0. The number of ether oxygens (including phenoxy) is 1. The van der Waals surface area contributed by atoms with Gasteiger partial charge in [0, 0.05) is 11.1 Å². The number of Topliss-reactive ketones (excluding diaryl/α,β-unsaturated/α-hetero) is 2. The van der Waals surface area contributed by atoms with Crippen molar-refractivity contribution in [3.05, 3.63) is 33.8 Å². The molecule has 1 aromatic heterocycles. The molecule has 150 valence electrons. The maximum Gasteiger partial charge on any atom is 0.345 e. The van der Waals surface area contributed by atoms with Crippen LogP contribution in [0.3, 0.4) is 0 Å². The third-order valence-electron chi connectivity index (χ3n) is 4.46. The number of rotatable bonds is 6. The number of aliphatic hydroxyl groups excluding tert-OH is 1. The van der Waals surface area contributed by atoms with Crippen molar-refractivity contribution in [1.29, 1.82) is 0 Å². The number of carbonyl (C=O) groups is 3. The molecule has 0 aliphatic carbocycles. The standard InChI is InChI=1S/C20H22O8/c1-6-27-20(26)15(10(4)21)12(23)7-13-8(2)14-17(24)9(3)18(25)16(11(5)22)19(14)28-13/h23-25H,6-7H2,1-5H3. The number of aliphatic hydroxyl groups is 1. The smallest absolute Gasteiger partial charge is 0.345 e. The average Bonchev–Trinajstić information content (AvgIpc) is 2.88. The molecule has 3 N–H and O–H groups in total. The van der Waals surface area contributed by atoms with Gasteiger partial charge in [-0.1, -0.05) is 0 Å². The molecule has 0 amide bonds. The number of fused-ring (bicyclic) bond motifs is 1. The van der Waals surface area contributed by atoms with Crippen molar-refractivity contribution in [2.45, 2.75) is 41.0 Å². The Balaban J connectivity index is 2.71. The minimum Gasteiger partial charge on any atom is -0.511 e. The van der Waals surface area contributed by atoms with E-state index in [1.165, 1.54) is 13.8 Å². The van der Waals surface area contributed by atoms with Gasteiger partial charge < -0.3 is 24.5 Å². The van der Waals surface area contributed by atoms with E-state index in [9.17, 15) is 29.7 Å². The van der Waals surface area contributed by atoms with E-state index >= 15 is 0 Å². The number of carbonyl (C=O) groups excluding carboxylic acids is 3. The molecule has 0 aliphatic heterocycles. The SMILES string of the molecule is CCOC(=O)C(C(C)=O)=C(O)Cc1oc2c(C(C)=O)c(O)c(C)c(O)c2c1C. The summed E-state index contributed by atoms with van der Waals surface area (Å²) in [6.07, 6.45) is -0.342. The van der Waals surface area contributed by atoms with Crippen LogP contribution in [0.15, 0.2) is 15.7 Å². The van der Waals surface area contributed by atoms with Gasteiger partial charge >= 0.3 is 5.97 Å². The number of esters is 1. The first-order valence-electron chi connectivity index (χ1n) is 8.60. The molecule has 1 heterocycles. The molecule has 0 saturated heterocycles. The van der Waals surface area contributed by atoms with Gasteiger partial charge in [-0.2, -0.15) is 0 Å². The molecule has 1 aromatic carbocycles. The van der Waals surface area contributed by atoms with Crippen LogP contribution in [0.5, 0.6) is 11.5 Å². The highest BCUT2D eigenvalue weighted by Gasteiger charge is 2.27. The third kappa shape index (κ3) is 3.45. The number of ketones is 2. The van der Waals surface area contributed by atoms with Crippen LogP contribution < -0.4 is 0 Å². The Morgan fingerprint density at radius 3 is 2.14 bits per heavy atom. The lowest BCUT2D eigenvalue weighted by molar-refractivity contribution is -0.140. The summed E-state index contributed by atoms with van der Waals surface area (Å²) in [6, 6.07) is 0. The second kappa shape index (κ2) is 7.75. The summed E-state index contributed by atoms with van der Waals surface area (Å²) in [5, 5.41) is 31.2. The van der Waals surface area contributed by atoms with Crippen LogP contribution in [0.4, 0.5) is 0 Å². The molecule has 0 aliphatic rings. The molecule has 0 bridgehead atoms. The first-order valence-corrected chi connectivity index (χ1v) is 8.60. The fourth-order valence-corrected chi connectivity index (χ4v) is 3.02. The maximum absolute atomic E-state index is 12.0. The monoisotopic (exact) mass is 390 g/mol. The lowest BCUT2D eigenvalue weighted by Gasteiger charge is -2.08. The van der Waals surface area contributed by atoms with Crippen molar-refractivity contribution in [1.82, 2.24) is 0 Å². The zero-order valence-corrected chi connectivity index (χ0v) is 16.3. The lowest BCUT2D eigenvalue weighted by atomic mass is 9.99. The number of hydrogen-bond donors (Lipinski definition) is 3. The van der Waals surface area contributed by atoms with Crippen molar-refractivity contribution in [2.75, 3.05) is 6.61 Å². The Kier molecular flexibility index (Phi) is 5.82. The Labute approximate surface area is 161 Å². The van der Waals surface area contributed by atoms with Crippen LogP contribution >= 0.6 is 0 Å². The molecule has 0 unspecified atom stereocenters. The summed E-state index contributed by atoms with van der Waals surface area (Å²) >= 11 is 0. The van der Waals surface area contributed by atoms with E-state index in [0.29, 0.717) is 5.56 Å². The van der Waals surface area contributed by atoms with Gasteiger partial charge in [-0.25, -0.2) is 4.79 Å². The molecule has 0 saturated carbocycles. The Morgan fingerprint density at radius 2 is 1.64 bits per heavy atom. The number of phenols is 2. The third-order valence-corrected chi connectivity index (χ3v) is 4.46. The van der Waals surface area contributed by atoms with E-state index in [-0.39, 0.29) is 46.6 Å². The lowest BCUT2D eigenvalue weighted by Crippen LogP contribution is -2.17. The van der Waals surface area contributed by atoms with Crippen LogP contribution in [0.25, 0.3) is 11.0 Å². The van der Waals surface area contributed by atoms with Gasteiger partial charge in [0.15, 0.2) is 17.1 Å². The van der Waals surface area contributed by atoms with E-state index in [1.807, 2.05) is 0 Å². The summed E-state index contributed by atoms with van der Waals surface area (Å²) < 4.78 is 10.4. The molecular formula is C20H22O8. The highest BCUT2D eigenvalue weighted by atomic mass is 16.5. The van der Waals surface area contributed by atoms with E-state index in [1.54, 1.807) is 13.8 Å². The molecular weight excluding hydrogens is 368 g/mol. The first-order chi connectivity index (χ1) is 13.0. The van der Waals surface area contributed by atoms with Crippen LogP contribution in [0.2, 0.25) is 0 Å². The van der Waals surface area contributed by atoms with E-state index in [2.05, 4.69) is 0 Å². The zero-order valence-electron chi connectivity index (χ0n) is 16.3. The number of furan rings is 1. The Morgan fingerprint density at radius 1 is 1.04 bits per heavy atom. The van der Waals surface area contributed by atoms with Gasteiger partial charge in [-0.3, -0.25) is 9.59 Å². The number of phenolic OH excluding ortho intramolecular Hbond substituents is 2. The van der Waals surface area contributed by atoms with E-state index < -0.39 is 34.6 Å². The Hall–Kier alpha value is -3.29. The topological polar surface area (TPSA) is 134 Å². The number of aryl methyl sites for hydroxylation is 1. The molecule has 8 nitrogen and oxygen atoms in total. The molecule has 2 aromatic rings. The average molecular weight is 390 g/mol. The molecule has 0 radical (unpaired) electrons. The van der Waals surface area contributed by atoms with Gasteiger partial charge in [0.05, 0.1) is 18.4 Å². The van der Waals surface area contributed by atoms with Crippen LogP contribution in [0, 0.1) is 13.8 Å². The van der Waals surface area contributed by atoms with Crippen molar-refractivity contribution in [3.63, 3.8) is 0 Å². The second-order valence-electron chi connectivity index (χ2n) is 6.38. The molecule has 0 spiro atoms. The summed E-state index contributed by atoms with van der Waals surface area (Å²) in [7, 11) is 0. The van der Waals surface area contributed by atoms with Crippen molar-refractivity contribution in [3.8, 4) is 11.5 Å². The number of benzene rings is 1. The fraction of sp³-hybridized carbons (Fsp3) is 0.350. The zero-order chi connectivity index (χ0) is 21.3. The molecule has 0 fully saturated rings. The van der Waals surface area contributed by atoms with Gasteiger partial charge in [0.2, 0.25) is 0 Å². The molecule has 2 rings (SSSR count). The number of aromatic hydroxyl groups is 2. The van der Waals surface area contributed by atoms with Gasteiger partial charge in [-0.15, -0.1) is 0 Å². The highest BCUT2D eigenvalue weighted by molar-refractivity contribution is 6.16. The van der Waals surface area contributed by atoms with E-state index in [4.69, 9.17) is 9.15 Å². The Bertz CT molecular complexity index is 1020. The van der Waals surface area contributed by atoms with Crippen molar-refractivity contribution in [2.24, 2.45) is 0 Å². The van der Waals surface area contributed by atoms with E-state index in [0.717, 1.165) is 6.92 Å². The number of hydrogen-bond acceptors (Lipinski definition) is 8. The van der Waals surface area contributed by atoms with Crippen LogP contribution in [-0.2, 0) is 20.7 Å². The normalized spacial score (nSPS) is 12.0. The largest absolute Gasteiger partial charge is 0.511 e. The van der Waals surface area contributed by atoms with Crippen LogP contribution in [0.1, 0.15) is 48.0 Å². The van der Waals surface area contributed by atoms with Gasteiger partial charge in [0.1, 0.15) is 34.2 Å². The molecule has 8 heteroatoms. The second-order valence-corrected chi connectivity index (χ2v) is 6.38. The predicted octanol–water partition coefficient (Wildman–Crippen LogP) is 3.17. The highest BCUT2D eigenvalue weighted by Crippen LogP contribution is 2.43. The predicted molar refractivity (Wildman–Crippen MR) is 99.7 cm³/mol. The minimum absolute atomic E-state index is 0.0287. The molecule has 0 atom stereocenters. The summed E-state index contributed by atoms with van der Waals surface area (Å²) in [6.45, 7) is 7.00. The maximum atomic E-state index is 12.0. The van der Waals surface area contributed by atoms with Crippen LogP contribution in [-0.4, -0.2) is 39.5 Å². The minimum atomic E-state index is -0.956. The van der Waals surface area contributed by atoms with Crippen molar-refractivity contribution < 1.29 is 38.9 Å². The summed E-state index contributed by atoms with van der Waals surface area (Å²) in [4.78, 5) is 35.7. The summed E-state index contributed by atoms with van der Waals surface area (Å²) in [5.41, 5.74) is -0.119.